The summed E-state index contributed by atoms with van der Waals surface area (Å²) in [6.07, 6.45) is 7.95. The Balaban J connectivity index is 2.42. The van der Waals surface area contributed by atoms with Crippen LogP contribution in [-0.4, -0.2) is 6.61 Å². The average molecular weight is 208 g/mol. The first-order valence-corrected chi connectivity index (χ1v) is 6.06. The van der Waals surface area contributed by atoms with Crippen molar-refractivity contribution in [3.63, 3.8) is 0 Å². The fourth-order valence-corrected chi connectivity index (χ4v) is 2.09. The number of hydrogen-bond acceptors (Lipinski definition) is 1. The second-order valence-electron chi connectivity index (χ2n) is 5.14. The molecule has 0 N–H and O–H groups in total. The standard InChI is InChI=1S/C14H24O/c1-5-6-7-10-15-13-9-8-12(2)11-14(13,3)4/h9H,2,5-8,10-11H2,1,3-4H3. The molecular formula is C14H24O. The van der Waals surface area contributed by atoms with Crippen LogP contribution in [0.25, 0.3) is 0 Å². The van der Waals surface area contributed by atoms with Gasteiger partial charge in [0.25, 0.3) is 0 Å². The van der Waals surface area contributed by atoms with E-state index in [9.17, 15) is 0 Å². The van der Waals surface area contributed by atoms with Crippen LogP contribution < -0.4 is 0 Å². The van der Waals surface area contributed by atoms with Crippen LogP contribution >= 0.6 is 0 Å². The third-order valence-electron chi connectivity index (χ3n) is 2.94. The van der Waals surface area contributed by atoms with Gasteiger partial charge in [0.1, 0.15) is 0 Å². The molecule has 0 aromatic heterocycles. The summed E-state index contributed by atoms with van der Waals surface area (Å²) < 4.78 is 5.87. The van der Waals surface area contributed by atoms with E-state index in [1.807, 2.05) is 0 Å². The van der Waals surface area contributed by atoms with Crippen molar-refractivity contribution < 1.29 is 4.74 Å². The molecule has 0 unspecified atom stereocenters. The Morgan fingerprint density at radius 1 is 1.40 bits per heavy atom. The Morgan fingerprint density at radius 2 is 2.13 bits per heavy atom. The van der Waals surface area contributed by atoms with E-state index in [1.54, 1.807) is 0 Å². The van der Waals surface area contributed by atoms with Crippen LogP contribution in [0.1, 0.15) is 52.9 Å². The van der Waals surface area contributed by atoms with Crippen molar-refractivity contribution in [3.05, 3.63) is 24.0 Å². The van der Waals surface area contributed by atoms with Crippen LogP contribution in [0.2, 0.25) is 0 Å². The van der Waals surface area contributed by atoms with Crippen LogP contribution in [-0.2, 0) is 4.74 Å². The summed E-state index contributed by atoms with van der Waals surface area (Å²) in [6, 6.07) is 0. The van der Waals surface area contributed by atoms with Gasteiger partial charge in [0.05, 0.1) is 12.4 Å². The molecule has 1 aliphatic carbocycles. The lowest BCUT2D eigenvalue weighted by Gasteiger charge is -2.32. The lowest BCUT2D eigenvalue weighted by atomic mass is 9.79. The van der Waals surface area contributed by atoms with Gasteiger partial charge >= 0.3 is 0 Å². The van der Waals surface area contributed by atoms with Crippen LogP contribution in [0.3, 0.4) is 0 Å². The van der Waals surface area contributed by atoms with E-state index in [-0.39, 0.29) is 5.41 Å². The molecule has 1 rings (SSSR count). The number of allylic oxidation sites excluding steroid dienone is 3. The molecule has 0 heterocycles. The molecule has 15 heavy (non-hydrogen) atoms. The van der Waals surface area contributed by atoms with Crippen molar-refractivity contribution in [1.82, 2.24) is 0 Å². The average Bonchev–Trinajstić information content (AvgIpc) is 2.14. The van der Waals surface area contributed by atoms with Crippen LogP contribution in [0.5, 0.6) is 0 Å². The SMILES string of the molecule is C=C1CC=C(OCCCCC)C(C)(C)C1. The highest BCUT2D eigenvalue weighted by molar-refractivity contribution is 5.20. The van der Waals surface area contributed by atoms with E-state index in [1.165, 1.54) is 30.6 Å². The molecule has 0 spiro atoms. The topological polar surface area (TPSA) is 9.23 Å². The first-order chi connectivity index (χ1) is 7.06. The van der Waals surface area contributed by atoms with Crippen LogP contribution in [0.15, 0.2) is 24.0 Å². The molecule has 0 aliphatic heterocycles. The van der Waals surface area contributed by atoms with E-state index in [0.717, 1.165) is 19.4 Å². The second-order valence-corrected chi connectivity index (χ2v) is 5.14. The second kappa shape index (κ2) is 5.39. The maximum absolute atomic E-state index is 5.87. The number of hydrogen-bond donors (Lipinski definition) is 0. The van der Waals surface area contributed by atoms with Crippen molar-refractivity contribution in [3.8, 4) is 0 Å². The number of ether oxygens (including phenoxy) is 1. The molecule has 0 aromatic carbocycles. The van der Waals surface area contributed by atoms with E-state index < -0.39 is 0 Å². The molecule has 1 nitrogen and oxygen atoms in total. The summed E-state index contributed by atoms with van der Waals surface area (Å²) >= 11 is 0. The van der Waals surface area contributed by atoms with Crippen molar-refractivity contribution in [2.75, 3.05) is 6.61 Å². The molecule has 86 valence electrons. The molecule has 0 saturated heterocycles. The zero-order valence-corrected chi connectivity index (χ0v) is 10.4. The van der Waals surface area contributed by atoms with E-state index in [4.69, 9.17) is 4.74 Å². The molecule has 1 aliphatic rings. The van der Waals surface area contributed by atoms with Crippen LogP contribution in [0, 0.1) is 5.41 Å². The zero-order valence-electron chi connectivity index (χ0n) is 10.4. The molecule has 1 heteroatoms. The van der Waals surface area contributed by atoms with Crippen molar-refractivity contribution >= 4 is 0 Å². The monoisotopic (exact) mass is 208 g/mol. The summed E-state index contributed by atoms with van der Waals surface area (Å²) in [5.41, 5.74) is 1.47. The maximum Gasteiger partial charge on any atom is 0.0982 e. The fraction of sp³-hybridized carbons (Fsp3) is 0.714. The van der Waals surface area contributed by atoms with Crippen molar-refractivity contribution in [2.24, 2.45) is 5.41 Å². The highest BCUT2D eigenvalue weighted by atomic mass is 16.5. The van der Waals surface area contributed by atoms with Gasteiger partial charge in [-0.3, -0.25) is 0 Å². The summed E-state index contributed by atoms with van der Waals surface area (Å²) in [4.78, 5) is 0. The van der Waals surface area contributed by atoms with Gasteiger partial charge in [0.15, 0.2) is 0 Å². The van der Waals surface area contributed by atoms with Gasteiger partial charge < -0.3 is 4.74 Å². The Morgan fingerprint density at radius 3 is 2.73 bits per heavy atom. The predicted octanol–water partition coefficient (Wildman–Crippen LogP) is 4.45. The molecule has 0 radical (unpaired) electrons. The first kappa shape index (κ1) is 12.4. The zero-order chi connectivity index (χ0) is 11.3. The molecule has 0 atom stereocenters. The van der Waals surface area contributed by atoms with Gasteiger partial charge in [0, 0.05) is 5.41 Å². The lowest BCUT2D eigenvalue weighted by Crippen LogP contribution is -2.21. The fourth-order valence-electron chi connectivity index (χ4n) is 2.09. The van der Waals surface area contributed by atoms with E-state index >= 15 is 0 Å². The molecule has 0 aromatic rings. The Bertz CT molecular complexity index is 248. The quantitative estimate of drug-likeness (QED) is 0.479. The van der Waals surface area contributed by atoms with E-state index in [0.29, 0.717) is 0 Å². The van der Waals surface area contributed by atoms with Crippen molar-refractivity contribution in [2.45, 2.75) is 52.9 Å². The van der Waals surface area contributed by atoms with Gasteiger partial charge in [0.2, 0.25) is 0 Å². The van der Waals surface area contributed by atoms with Gasteiger partial charge in [-0.1, -0.05) is 45.8 Å². The third-order valence-corrected chi connectivity index (χ3v) is 2.94. The van der Waals surface area contributed by atoms with Gasteiger partial charge in [-0.05, 0) is 25.3 Å². The smallest absolute Gasteiger partial charge is 0.0982 e. The maximum atomic E-state index is 5.87. The molecule has 0 fully saturated rings. The minimum Gasteiger partial charge on any atom is -0.498 e. The van der Waals surface area contributed by atoms with Crippen LogP contribution in [0.4, 0.5) is 0 Å². The minimum absolute atomic E-state index is 0.154. The lowest BCUT2D eigenvalue weighted by molar-refractivity contribution is 0.133. The Kier molecular flexibility index (Phi) is 4.44. The molecular weight excluding hydrogens is 184 g/mol. The van der Waals surface area contributed by atoms with Gasteiger partial charge in [-0.15, -0.1) is 0 Å². The number of rotatable bonds is 5. The normalized spacial score (nSPS) is 19.9. The molecule has 0 bridgehead atoms. The Hall–Kier alpha value is -0.720. The highest BCUT2D eigenvalue weighted by Crippen LogP contribution is 2.39. The number of unbranched alkanes of at least 4 members (excludes halogenated alkanes) is 2. The Labute approximate surface area is 94.2 Å². The molecule has 0 saturated carbocycles. The van der Waals surface area contributed by atoms with Gasteiger partial charge in [-0.2, -0.15) is 0 Å². The summed E-state index contributed by atoms with van der Waals surface area (Å²) in [5, 5.41) is 0. The summed E-state index contributed by atoms with van der Waals surface area (Å²) in [5.74, 6) is 1.17. The third kappa shape index (κ3) is 3.73. The molecule has 0 amide bonds. The summed E-state index contributed by atoms with van der Waals surface area (Å²) in [7, 11) is 0. The van der Waals surface area contributed by atoms with Crippen molar-refractivity contribution in [1.29, 1.82) is 0 Å². The van der Waals surface area contributed by atoms with E-state index in [2.05, 4.69) is 33.4 Å². The van der Waals surface area contributed by atoms with Gasteiger partial charge in [-0.25, -0.2) is 0 Å². The summed E-state index contributed by atoms with van der Waals surface area (Å²) in [6.45, 7) is 11.6. The first-order valence-electron chi connectivity index (χ1n) is 6.06. The largest absolute Gasteiger partial charge is 0.498 e. The highest BCUT2D eigenvalue weighted by Gasteiger charge is 2.28. The minimum atomic E-state index is 0.154. The predicted molar refractivity (Wildman–Crippen MR) is 65.7 cm³/mol.